The Morgan fingerprint density at radius 3 is 2.75 bits per heavy atom. The summed E-state index contributed by atoms with van der Waals surface area (Å²) in [4.78, 5) is 12.5. The predicted octanol–water partition coefficient (Wildman–Crippen LogP) is 1.12. The molecule has 0 spiro atoms. The molecule has 1 N–H and O–H groups in total. The number of aryl methyl sites for hydroxylation is 1. The third kappa shape index (κ3) is 3.33. The fraction of sp³-hybridized carbons (Fsp3) is 0.250. The van der Waals surface area contributed by atoms with Gasteiger partial charge in [0.2, 0.25) is 0 Å². The van der Waals surface area contributed by atoms with E-state index in [0.29, 0.717) is 6.61 Å². The quantitative estimate of drug-likeness (QED) is 0.733. The van der Waals surface area contributed by atoms with Gasteiger partial charge in [0.15, 0.2) is 5.69 Å². The van der Waals surface area contributed by atoms with E-state index < -0.39 is 0 Å². The van der Waals surface area contributed by atoms with E-state index in [1.54, 1.807) is 28.9 Å². The highest BCUT2D eigenvalue weighted by atomic mass is 16.5. The highest BCUT2D eigenvalue weighted by molar-refractivity contribution is 5.92. The summed E-state index contributed by atoms with van der Waals surface area (Å²) in [5.74, 6) is -0.319. The number of para-hydroxylation sites is 1. The van der Waals surface area contributed by atoms with Crippen LogP contribution >= 0.6 is 0 Å². The number of hydrogen-bond acceptors (Lipinski definition) is 5. The first-order valence-corrected chi connectivity index (χ1v) is 7.44. The smallest absolute Gasteiger partial charge is 0.274 e. The number of methoxy groups -OCH3 is 1. The van der Waals surface area contributed by atoms with E-state index in [-0.39, 0.29) is 17.6 Å². The molecule has 0 bridgehead atoms. The normalized spacial score (nSPS) is 12.1. The van der Waals surface area contributed by atoms with Gasteiger partial charge in [-0.05, 0) is 18.2 Å². The van der Waals surface area contributed by atoms with Gasteiger partial charge in [-0.2, -0.15) is 5.10 Å². The molecule has 2 heterocycles. The number of rotatable bonds is 6. The minimum absolute atomic E-state index is 0.238. The van der Waals surface area contributed by atoms with Gasteiger partial charge in [0.05, 0.1) is 30.2 Å². The number of amides is 1. The van der Waals surface area contributed by atoms with Crippen LogP contribution in [0.5, 0.6) is 0 Å². The van der Waals surface area contributed by atoms with Crippen molar-refractivity contribution >= 4 is 5.91 Å². The molecule has 1 unspecified atom stereocenters. The molecule has 1 amide bonds. The Bertz CT molecular complexity index is 811. The maximum absolute atomic E-state index is 12.5. The number of carbonyl (C=O) groups is 1. The van der Waals surface area contributed by atoms with Gasteiger partial charge in [0.25, 0.3) is 5.91 Å². The summed E-state index contributed by atoms with van der Waals surface area (Å²) in [5.41, 5.74) is 1.92. The van der Waals surface area contributed by atoms with Crippen LogP contribution in [0.25, 0.3) is 5.69 Å². The summed E-state index contributed by atoms with van der Waals surface area (Å²) >= 11 is 0. The van der Waals surface area contributed by atoms with Gasteiger partial charge in [-0.15, -0.1) is 5.10 Å². The Morgan fingerprint density at radius 2 is 2.08 bits per heavy atom. The van der Waals surface area contributed by atoms with E-state index in [1.807, 2.05) is 43.4 Å². The van der Waals surface area contributed by atoms with Crippen LogP contribution in [-0.2, 0) is 11.8 Å². The topological polar surface area (TPSA) is 86.9 Å². The molecule has 3 aromatic rings. The maximum atomic E-state index is 12.5. The second-order valence-corrected chi connectivity index (χ2v) is 5.24. The van der Waals surface area contributed by atoms with Crippen LogP contribution in [0, 0.1) is 0 Å². The van der Waals surface area contributed by atoms with Gasteiger partial charge in [0, 0.05) is 20.4 Å². The Hall–Kier alpha value is -3.00. The average molecular weight is 326 g/mol. The van der Waals surface area contributed by atoms with Crippen molar-refractivity contribution < 1.29 is 9.53 Å². The highest BCUT2D eigenvalue weighted by Gasteiger charge is 2.20. The summed E-state index contributed by atoms with van der Waals surface area (Å²) in [5, 5.41) is 15.0. The van der Waals surface area contributed by atoms with E-state index in [1.165, 1.54) is 0 Å². The molecule has 3 rings (SSSR count). The number of nitrogens with one attached hydrogen (secondary N) is 1. The second kappa shape index (κ2) is 7.05. The molecule has 1 aromatic carbocycles. The monoisotopic (exact) mass is 326 g/mol. The van der Waals surface area contributed by atoms with Gasteiger partial charge in [-0.3, -0.25) is 9.48 Å². The van der Waals surface area contributed by atoms with Crippen LogP contribution in [0.1, 0.15) is 22.2 Å². The minimum atomic E-state index is -0.322. The van der Waals surface area contributed by atoms with Crippen molar-refractivity contribution in [2.45, 2.75) is 6.04 Å². The third-order valence-corrected chi connectivity index (χ3v) is 3.60. The molecule has 24 heavy (non-hydrogen) atoms. The fourth-order valence-electron chi connectivity index (χ4n) is 2.40. The first-order chi connectivity index (χ1) is 11.7. The van der Waals surface area contributed by atoms with Crippen molar-refractivity contribution in [2.24, 2.45) is 7.05 Å². The number of benzene rings is 1. The molecule has 0 saturated heterocycles. The number of hydrogen-bond donors (Lipinski definition) is 1. The van der Waals surface area contributed by atoms with Crippen LogP contribution in [0.15, 0.2) is 48.8 Å². The minimum Gasteiger partial charge on any atom is -0.382 e. The number of nitrogens with zero attached hydrogens (tertiary/aromatic N) is 5. The van der Waals surface area contributed by atoms with Crippen molar-refractivity contribution in [1.29, 1.82) is 0 Å². The van der Waals surface area contributed by atoms with Gasteiger partial charge in [-0.1, -0.05) is 23.4 Å². The van der Waals surface area contributed by atoms with Crippen molar-refractivity contribution in [2.75, 3.05) is 13.7 Å². The van der Waals surface area contributed by atoms with E-state index in [2.05, 4.69) is 20.7 Å². The second-order valence-electron chi connectivity index (χ2n) is 5.24. The van der Waals surface area contributed by atoms with Crippen molar-refractivity contribution in [1.82, 2.24) is 30.1 Å². The lowest BCUT2D eigenvalue weighted by molar-refractivity contribution is 0.0887. The Morgan fingerprint density at radius 1 is 1.29 bits per heavy atom. The summed E-state index contributed by atoms with van der Waals surface area (Å²) < 4.78 is 8.46. The first-order valence-electron chi connectivity index (χ1n) is 7.44. The van der Waals surface area contributed by atoms with E-state index in [0.717, 1.165) is 11.4 Å². The van der Waals surface area contributed by atoms with Crippen LogP contribution in [0.4, 0.5) is 0 Å². The number of carbonyl (C=O) groups excluding carboxylic acids is 1. The molecule has 124 valence electrons. The molecule has 0 aliphatic rings. The standard InChI is InChI=1S/C16H18N6O2/c1-21-15(8-9-17-21)14(11-24-2)18-16(23)13-10-22(20-19-13)12-6-4-3-5-7-12/h3-10,14H,11H2,1-2H3,(H,18,23). The number of aromatic nitrogens is 5. The Labute approximate surface area is 139 Å². The van der Waals surface area contributed by atoms with Crippen LogP contribution in [-0.4, -0.2) is 44.4 Å². The average Bonchev–Trinajstić information content (AvgIpc) is 3.24. The van der Waals surface area contributed by atoms with E-state index in [4.69, 9.17) is 4.74 Å². The van der Waals surface area contributed by atoms with E-state index >= 15 is 0 Å². The van der Waals surface area contributed by atoms with Gasteiger partial charge >= 0.3 is 0 Å². The van der Waals surface area contributed by atoms with Gasteiger partial charge in [0.1, 0.15) is 0 Å². The van der Waals surface area contributed by atoms with Crippen LogP contribution in [0.3, 0.4) is 0 Å². The highest BCUT2D eigenvalue weighted by Crippen LogP contribution is 2.13. The molecule has 0 aliphatic carbocycles. The molecular weight excluding hydrogens is 308 g/mol. The number of ether oxygens (including phenoxy) is 1. The van der Waals surface area contributed by atoms with Crippen molar-refractivity contribution in [3.63, 3.8) is 0 Å². The summed E-state index contributed by atoms with van der Waals surface area (Å²) in [6.45, 7) is 0.331. The van der Waals surface area contributed by atoms with Crippen molar-refractivity contribution in [3.05, 3.63) is 60.2 Å². The molecule has 1 atom stereocenters. The molecule has 0 saturated carbocycles. The predicted molar refractivity (Wildman–Crippen MR) is 86.7 cm³/mol. The zero-order valence-electron chi connectivity index (χ0n) is 13.5. The molecule has 0 aliphatic heterocycles. The Balaban J connectivity index is 1.76. The van der Waals surface area contributed by atoms with Gasteiger partial charge < -0.3 is 10.1 Å². The summed E-state index contributed by atoms with van der Waals surface area (Å²) in [6.07, 6.45) is 3.27. The molecular formula is C16H18N6O2. The van der Waals surface area contributed by atoms with Crippen molar-refractivity contribution in [3.8, 4) is 5.69 Å². The SMILES string of the molecule is COCC(NC(=O)c1cn(-c2ccccc2)nn1)c1ccnn1C. The summed E-state index contributed by atoms with van der Waals surface area (Å²) in [7, 11) is 3.40. The molecule has 8 heteroatoms. The maximum Gasteiger partial charge on any atom is 0.274 e. The van der Waals surface area contributed by atoms with E-state index in [9.17, 15) is 4.79 Å². The lowest BCUT2D eigenvalue weighted by Gasteiger charge is -2.17. The van der Waals surface area contributed by atoms with Gasteiger partial charge in [-0.25, -0.2) is 4.68 Å². The third-order valence-electron chi connectivity index (χ3n) is 3.60. The molecule has 8 nitrogen and oxygen atoms in total. The fourth-order valence-corrected chi connectivity index (χ4v) is 2.40. The molecule has 0 fully saturated rings. The zero-order valence-corrected chi connectivity index (χ0v) is 13.5. The Kier molecular flexibility index (Phi) is 4.66. The lowest BCUT2D eigenvalue weighted by Crippen LogP contribution is -2.32. The van der Waals surface area contributed by atoms with Crippen LogP contribution < -0.4 is 5.32 Å². The summed E-state index contributed by atoms with van der Waals surface area (Å²) in [6, 6.07) is 11.0. The zero-order chi connectivity index (χ0) is 16.9. The van der Waals surface area contributed by atoms with Crippen LogP contribution in [0.2, 0.25) is 0 Å². The molecule has 2 aromatic heterocycles. The molecule has 0 radical (unpaired) electrons. The first kappa shape index (κ1) is 15.9. The lowest BCUT2D eigenvalue weighted by atomic mass is 10.2. The largest absolute Gasteiger partial charge is 0.382 e.